The minimum atomic E-state index is -0.318. The van der Waals surface area contributed by atoms with Crippen molar-refractivity contribution in [3.05, 3.63) is 41.1 Å². The molecule has 0 atom stereocenters. The summed E-state index contributed by atoms with van der Waals surface area (Å²) in [5.41, 5.74) is 2.33. The number of aryl methyl sites for hydroxylation is 2. The first kappa shape index (κ1) is 13.7. The molecule has 0 radical (unpaired) electrons. The Morgan fingerprint density at radius 1 is 1.37 bits per heavy atom. The second-order valence-electron chi connectivity index (χ2n) is 4.98. The summed E-state index contributed by atoms with van der Waals surface area (Å²) < 4.78 is 16.0. The van der Waals surface area contributed by atoms with Gasteiger partial charge in [0.1, 0.15) is 0 Å². The van der Waals surface area contributed by atoms with E-state index < -0.39 is 0 Å². The summed E-state index contributed by atoms with van der Waals surface area (Å²) in [6.45, 7) is 8.31. The van der Waals surface area contributed by atoms with Crippen molar-refractivity contribution in [3.63, 3.8) is 0 Å². The van der Waals surface area contributed by atoms with Crippen molar-refractivity contribution in [3.8, 4) is 5.82 Å². The molecule has 0 bridgehead atoms. The lowest BCUT2D eigenvalue weighted by Gasteiger charge is -2.11. The van der Waals surface area contributed by atoms with Crippen molar-refractivity contribution in [2.45, 2.75) is 40.3 Å². The van der Waals surface area contributed by atoms with Gasteiger partial charge in [0.05, 0.1) is 5.69 Å². The predicted molar refractivity (Wildman–Crippen MR) is 72.8 cm³/mol. The van der Waals surface area contributed by atoms with Gasteiger partial charge in [-0.25, -0.2) is 14.1 Å². The third-order valence-corrected chi connectivity index (χ3v) is 2.86. The van der Waals surface area contributed by atoms with Gasteiger partial charge in [-0.3, -0.25) is 0 Å². The highest BCUT2D eigenvalue weighted by molar-refractivity contribution is 5.32. The Bertz CT molecular complexity index is 575. The monoisotopic (exact) mass is 262 g/mol. The lowest BCUT2D eigenvalue weighted by atomic mass is 10.2. The molecule has 4 nitrogen and oxygen atoms in total. The van der Waals surface area contributed by atoms with Crippen molar-refractivity contribution < 1.29 is 4.39 Å². The van der Waals surface area contributed by atoms with Gasteiger partial charge >= 0.3 is 0 Å². The highest BCUT2D eigenvalue weighted by Gasteiger charge is 2.14. The number of hydrogen-bond donors (Lipinski definition) is 1. The molecule has 19 heavy (non-hydrogen) atoms. The van der Waals surface area contributed by atoms with E-state index in [1.165, 1.54) is 0 Å². The Morgan fingerprint density at radius 2 is 2.11 bits per heavy atom. The lowest BCUT2D eigenvalue weighted by molar-refractivity contribution is 0.541. The molecule has 2 heterocycles. The zero-order valence-corrected chi connectivity index (χ0v) is 11.7. The van der Waals surface area contributed by atoms with Gasteiger partial charge < -0.3 is 5.32 Å². The second-order valence-corrected chi connectivity index (χ2v) is 4.98. The topological polar surface area (TPSA) is 42.7 Å². The van der Waals surface area contributed by atoms with Gasteiger partial charge in [0.2, 0.25) is 0 Å². The quantitative estimate of drug-likeness (QED) is 0.920. The number of hydrogen-bond acceptors (Lipinski definition) is 3. The van der Waals surface area contributed by atoms with Crippen LogP contribution in [-0.4, -0.2) is 20.8 Å². The predicted octanol–water partition coefficient (Wildman–Crippen LogP) is 2.52. The molecule has 5 heteroatoms. The van der Waals surface area contributed by atoms with Crippen LogP contribution in [0.2, 0.25) is 0 Å². The van der Waals surface area contributed by atoms with Crippen LogP contribution in [0.5, 0.6) is 0 Å². The van der Waals surface area contributed by atoms with E-state index in [1.54, 1.807) is 16.9 Å². The summed E-state index contributed by atoms with van der Waals surface area (Å²) in [6, 6.07) is 3.91. The number of nitrogens with zero attached hydrogens (tertiary/aromatic N) is 3. The van der Waals surface area contributed by atoms with Gasteiger partial charge in [-0.15, -0.1) is 0 Å². The van der Waals surface area contributed by atoms with Crippen LogP contribution in [-0.2, 0) is 6.54 Å². The average Bonchev–Trinajstić information content (AvgIpc) is 2.67. The van der Waals surface area contributed by atoms with Gasteiger partial charge in [0, 0.05) is 30.0 Å². The average molecular weight is 262 g/mol. The third-order valence-electron chi connectivity index (χ3n) is 2.86. The third kappa shape index (κ3) is 2.98. The van der Waals surface area contributed by atoms with E-state index >= 15 is 0 Å². The van der Waals surface area contributed by atoms with Crippen LogP contribution in [0.25, 0.3) is 5.82 Å². The van der Waals surface area contributed by atoms with Crippen molar-refractivity contribution in [1.29, 1.82) is 0 Å². The molecule has 0 spiro atoms. The Morgan fingerprint density at radius 3 is 2.68 bits per heavy atom. The van der Waals surface area contributed by atoms with Crippen LogP contribution in [0.3, 0.4) is 0 Å². The van der Waals surface area contributed by atoms with Crippen LogP contribution < -0.4 is 5.32 Å². The largest absolute Gasteiger partial charge is 0.310 e. The van der Waals surface area contributed by atoms with Crippen LogP contribution in [0.1, 0.15) is 30.8 Å². The Balaban J connectivity index is 2.37. The first-order valence-corrected chi connectivity index (χ1v) is 6.39. The van der Waals surface area contributed by atoms with Crippen molar-refractivity contribution >= 4 is 0 Å². The SMILES string of the molecule is Cc1cc(C)n(-c2nccc(CNC(C)C)c2F)n1. The van der Waals surface area contributed by atoms with Crippen molar-refractivity contribution in [2.24, 2.45) is 0 Å². The maximum Gasteiger partial charge on any atom is 0.190 e. The van der Waals surface area contributed by atoms with E-state index in [4.69, 9.17) is 0 Å². The van der Waals surface area contributed by atoms with Gasteiger partial charge in [-0.05, 0) is 26.0 Å². The second kappa shape index (κ2) is 5.48. The highest BCUT2D eigenvalue weighted by atomic mass is 19.1. The summed E-state index contributed by atoms with van der Waals surface area (Å²) in [5, 5.41) is 7.48. The molecule has 2 aromatic rings. The molecule has 0 unspecified atom stereocenters. The molecule has 0 saturated heterocycles. The molecule has 1 N–H and O–H groups in total. The molecular formula is C14H19FN4. The summed E-state index contributed by atoms with van der Waals surface area (Å²) in [5.74, 6) is -0.0597. The zero-order valence-electron chi connectivity index (χ0n) is 11.7. The van der Waals surface area contributed by atoms with Crippen LogP contribution in [0.15, 0.2) is 18.3 Å². The smallest absolute Gasteiger partial charge is 0.190 e. The van der Waals surface area contributed by atoms with E-state index in [9.17, 15) is 4.39 Å². The standard InChI is InChI=1S/C14H19FN4/c1-9(2)17-8-12-5-6-16-14(13(12)15)19-11(4)7-10(3)18-19/h5-7,9,17H,8H2,1-4H3. The fourth-order valence-corrected chi connectivity index (χ4v) is 1.91. The van der Waals surface area contributed by atoms with Gasteiger partial charge in [-0.1, -0.05) is 13.8 Å². The minimum Gasteiger partial charge on any atom is -0.310 e. The van der Waals surface area contributed by atoms with Crippen molar-refractivity contribution in [2.75, 3.05) is 0 Å². The number of halogens is 1. The molecule has 2 rings (SSSR count). The zero-order chi connectivity index (χ0) is 14.0. The number of nitrogens with one attached hydrogen (secondary N) is 1. The molecular weight excluding hydrogens is 243 g/mol. The maximum absolute atomic E-state index is 14.4. The minimum absolute atomic E-state index is 0.258. The molecule has 0 aliphatic carbocycles. The Hall–Kier alpha value is -1.75. The van der Waals surface area contributed by atoms with E-state index in [0.717, 1.165) is 11.4 Å². The molecule has 0 saturated carbocycles. The highest BCUT2D eigenvalue weighted by Crippen LogP contribution is 2.16. The molecule has 0 aliphatic heterocycles. The molecule has 102 valence electrons. The van der Waals surface area contributed by atoms with E-state index in [2.05, 4.69) is 15.4 Å². The number of aromatic nitrogens is 3. The van der Waals surface area contributed by atoms with Crippen LogP contribution in [0, 0.1) is 19.7 Å². The maximum atomic E-state index is 14.4. The molecule has 0 fully saturated rings. The first-order valence-electron chi connectivity index (χ1n) is 6.39. The number of pyridine rings is 1. The van der Waals surface area contributed by atoms with Gasteiger partial charge in [0.25, 0.3) is 0 Å². The molecule has 0 aromatic carbocycles. The Labute approximate surface area is 112 Å². The van der Waals surface area contributed by atoms with E-state index in [-0.39, 0.29) is 11.6 Å². The summed E-state index contributed by atoms with van der Waals surface area (Å²) in [6.07, 6.45) is 1.62. The fraction of sp³-hybridized carbons (Fsp3) is 0.429. The van der Waals surface area contributed by atoms with Crippen LogP contribution in [0.4, 0.5) is 4.39 Å². The van der Waals surface area contributed by atoms with Crippen LogP contribution >= 0.6 is 0 Å². The van der Waals surface area contributed by atoms with Gasteiger partial charge in [-0.2, -0.15) is 5.10 Å². The van der Waals surface area contributed by atoms with Crippen molar-refractivity contribution in [1.82, 2.24) is 20.1 Å². The lowest BCUT2D eigenvalue weighted by Crippen LogP contribution is -2.23. The molecule has 0 aliphatic rings. The van der Waals surface area contributed by atoms with E-state index in [1.807, 2.05) is 33.8 Å². The molecule has 2 aromatic heterocycles. The fourth-order valence-electron chi connectivity index (χ4n) is 1.91. The summed E-state index contributed by atoms with van der Waals surface area (Å²) in [7, 11) is 0. The first-order chi connectivity index (χ1) is 8.99. The van der Waals surface area contributed by atoms with E-state index in [0.29, 0.717) is 18.2 Å². The number of rotatable bonds is 4. The Kier molecular flexibility index (Phi) is 3.95. The molecule has 0 amide bonds. The van der Waals surface area contributed by atoms with Gasteiger partial charge in [0.15, 0.2) is 11.6 Å². The summed E-state index contributed by atoms with van der Waals surface area (Å²) >= 11 is 0. The summed E-state index contributed by atoms with van der Waals surface area (Å²) in [4.78, 5) is 4.11. The normalized spacial score (nSPS) is 11.3.